The topological polar surface area (TPSA) is 64.4 Å². The zero-order valence-corrected chi connectivity index (χ0v) is 23.6. The molecule has 3 aromatic carbocycles. The third-order valence-corrected chi connectivity index (χ3v) is 7.82. The first kappa shape index (κ1) is 27.7. The molecule has 4 aromatic rings. The summed E-state index contributed by atoms with van der Waals surface area (Å²) in [5.74, 6) is 2.36. The van der Waals surface area contributed by atoms with Gasteiger partial charge in [0.2, 0.25) is 0 Å². The van der Waals surface area contributed by atoms with E-state index in [2.05, 4.69) is 29.0 Å². The van der Waals surface area contributed by atoms with Gasteiger partial charge in [-0.3, -0.25) is 9.69 Å². The van der Waals surface area contributed by atoms with Crippen molar-refractivity contribution < 1.29 is 18.6 Å². The van der Waals surface area contributed by atoms with Crippen LogP contribution in [0.4, 0.5) is 0 Å². The second-order valence-corrected chi connectivity index (χ2v) is 10.4. The van der Waals surface area contributed by atoms with E-state index in [9.17, 15) is 4.79 Å². The van der Waals surface area contributed by atoms with Crippen molar-refractivity contribution in [3.05, 3.63) is 88.8 Å². The van der Waals surface area contributed by atoms with Gasteiger partial charge in [-0.15, -0.1) is 0 Å². The lowest BCUT2D eigenvalue weighted by molar-refractivity contribution is 0.118. The van der Waals surface area contributed by atoms with Gasteiger partial charge in [-0.1, -0.05) is 24.3 Å². The number of ether oxygens (including phenoxy) is 3. The lowest BCUT2D eigenvalue weighted by Gasteiger charge is -2.36. The third kappa shape index (κ3) is 6.66. The van der Waals surface area contributed by atoms with Crippen molar-refractivity contribution in [3.8, 4) is 28.4 Å². The van der Waals surface area contributed by atoms with Gasteiger partial charge in [0.05, 0.1) is 31.8 Å². The van der Waals surface area contributed by atoms with Crippen molar-refractivity contribution in [1.82, 2.24) is 9.80 Å². The van der Waals surface area contributed by atoms with E-state index in [1.165, 1.54) is 24.7 Å². The number of likely N-dealkylation sites (tertiary alicyclic amines) is 1. The van der Waals surface area contributed by atoms with Crippen molar-refractivity contribution in [3.63, 3.8) is 0 Å². The van der Waals surface area contributed by atoms with Crippen LogP contribution in [0.1, 0.15) is 24.8 Å². The van der Waals surface area contributed by atoms with E-state index >= 15 is 0 Å². The van der Waals surface area contributed by atoms with E-state index in [1.807, 2.05) is 42.5 Å². The monoisotopic (exact) mass is 542 g/mol. The zero-order chi connectivity index (χ0) is 27.9. The minimum Gasteiger partial charge on any atom is -0.497 e. The number of benzene rings is 3. The van der Waals surface area contributed by atoms with Gasteiger partial charge in [-0.25, -0.2) is 0 Å². The number of fused-ring (bicyclic) bond motifs is 1. The molecule has 0 atom stereocenters. The van der Waals surface area contributed by atoms with Gasteiger partial charge in [0.25, 0.3) is 0 Å². The van der Waals surface area contributed by atoms with Gasteiger partial charge in [0, 0.05) is 25.2 Å². The number of nitrogens with zero attached hydrogens (tertiary/aromatic N) is 2. The number of rotatable bonds is 11. The van der Waals surface area contributed by atoms with Gasteiger partial charge in [-0.05, 0) is 86.9 Å². The van der Waals surface area contributed by atoms with E-state index in [1.54, 1.807) is 26.4 Å². The van der Waals surface area contributed by atoms with Crippen LogP contribution in [0.3, 0.4) is 0 Å². The second-order valence-electron chi connectivity index (χ2n) is 10.4. The first-order chi connectivity index (χ1) is 19.5. The smallest absolute Gasteiger partial charge is 0.200 e. The number of hydrogen-bond donors (Lipinski definition) is 0. The molecule has 1 fully saturated rings. The first-order valence-corrected chi connectivity index (χ1v) is 13.9. The van der Waals surface area contributed by atoms with E-state index in [-0.39, 0.29) is 5.43 Å². The molecule has 2 heterocycles. The predicted octanol–water partition coefficient (Wildman–Crippen LogP) is 5.84. The predicted molar refractivity (Wildman–Crippen MR) is 159 cm³/mol. The summed E-state index contributed by atoms with van der Waals surface area (Å²) in [6.07, 6.45) is 4.81. The van der Waals surface area contributed by atoms with Crippen LogP contribution in [0.15, 0.2) is 82.2 Å². The standard InChI is InChI=1S/C33H38N2O5/c1-34(26-15-18-35(19-16-26)22-24-5-9-27(37-2)10-6-24)17-4-20-39-29-13-14-30-32(21-29)40-23-31(33(30)36)25-7-11-28(38-3)12-8-25/h5-14,21,23,26H,4,15-20,22H2,1-3H3. The van der Waals surface area contributed by atoms with Crippen LogP contribution in [0.5, 0.6) is 17.2 Å². The van der Waals surface area contributed by atoms with E-state index in [0.29, 0.717) is 34.9 Å². The van der Waals surface area contributed by atoms with E-state index in [4.69, 9.17) is 18.6 Å². The maximum atomic E-state index is 13.1. The Kier molecular flexibility index (Phi) is 9.04. The molecule has 7 heteroatoms. The molecule has 0 N–H and O–H groups in total. The Morgan fingerprint density at radius 2 is 1.55 bits per heavy atom. The molecule has 5 rings (SSSR count). The molecule has 7 nitrogen and oxygen atoms in total. The number of piperidine rings is 1. The van der Waals surface area contributed by atoms with Crippen molar-refractivity contribution in [2.75, 3.05) is 47.5 Å². The quantitative estimate of drug-likeness (QED) is 0.221. The Balaban J connectivity index is 1.07. The minimum absolute atomic E-state index is 0.0605. The fourth-order valence-corrected chi connectivity index (χ4v) is 5.36. The molecule has 0 spiro atoms. The average Bonchev–Trinajstić information content (AvgIpc) is 3.00. The highest BCUT2D eigenvalue weighted by Crippen LogP contribution is 2.25. The lowest BCUT2D eigenvalue weighted by Crippen LogP contribution is -2.43. The van der Waals surface area contributed by atoms with Gasteiger partial charge in [0.1, 0.15) is 29.1 Å². The minimum atomic E-state index is -0.0605. The molecule has 0 amide bonds. The highest BCUT2D eigenvalue weighted by Gasteiger charge is 2.22. The summed E-state index contributed by atoms with van der Waals surface area (Å²) in [7, 11) is 5.54. The average molecular weight is 543 g/mol. The molecule has 0 unspecified atom stereocenters. The van der Waals surface area contributed by atoms with Crippen molar-refractivity contribution in [1.29, 1.82) is 0 Å². The fraction of sp³-hybridized carbons (Fsp3) is 0.364. The van der Waals surface area contributed by atoms with E-state index in [0.717, 1.165) is 49.7 Å². The highest BCUT2D eigenvalue weighted by atomic mass is 16.5. The number of methoxy groups -OCH3 is 2. The first-order valence-electron chi connectivity index (χ1n) is 13.9. The Bertz CT molecular complexity index is 1440. The van der Waals surface area contributed by atoms with Crippen LogP contribution >= 0.6 is 0 Å². The molecular weight excluding hydrogens is 504 g/mol. The molecule has 1 aliphatic heterocycles. The summed E-state index contributed by atoms with van der Waals surface area (Å²) in [5, 5.41) is 0.540. The molecule has 1 aromatic heterocycles. The lowest BCUT2D eigenvalue weighted by atomic mass is 10.0. The molecule has 210 valence electrons. The Morgan fingerprint density at radius 1 is 0.900 bits per heavy atom. The molecule has 1 saturated heterocycles. The van der Waals surface area contributed by atoms with Crippen LogP contribution in [0, 0.1) is 0 Å². The summed E-state index contributed by atoms with van der Waals surface area (Å²) >= 11 is 0. The van der Waals surface area contributed by atoms with Gasteiger partial charge in [0.15, 0.2) is 5.43 Å². The zero-order valence-electron chi connectivity index (χ0n) is 23.6. The van der Waals surface area contributed by atoms with Crippen LogP contribution in [0.2, 0.25) is 0 Å². The van der Waals surface area contributed by atoms with Gasteiger partial charge < -0.3 is 23.5 Å². The summed E-state index contributed by atoms with van der Waals surface area (Å²) in [6, 6.07) is 21.8. The highest BCUT2D eigenvalue weighted by molar-refractivity contribution is 5.82. The summed E-state index contributed by atoms with van der Waals surface area (Å²) in [5.41, 5.74) is 3.12. The van der Waals surface area contributed by atoms with Gasteiger partial charge in [-0.2, -0.15) is 0 Å². The summed E-state index contributed by atoms with van der Waals surface area (Å²) in [4.78, 5) is 18.1. The van der Waals surface area contributed by atoms with Crippen molar-refractivity contribution in [2.45, 2.75) is 31.8 Å². The second kappa shape index (κ2) is 13.0. The Morgan fingerprint density at radius 3 is 2.23 bits per heavy atom. The summed E-state index contributed by atoms with van der Waals surface area (Å²) < 4.78 is 22.3. The SMILES string of the molecule is COc1ccc(CN2CCC(N(C)CCCOc3ccc4c(=O)c(-c5ccc(OC)cc5)coc4c3)CC2)cc1. The maximum Gasteiger partial charge on any atom is 0.200 e. The van der Waals surface area contributed by atoms with Crippen LogP contribution in [-0.4, -0.2) is 63.4 Å². The molecule has 1 aliphatic rings. The van der Waals surface area contributed by atoms with Crippen LogP contribution in [-0.2, 0) is 6.54 Å². The normalized spacial score (nSPS) is 14.5. The van der Waals surface area contributed by atoms with Crippen LogP contribution in [0.25, 0.3) is 22.1 Å². The molecule has 0 radical (unpaired) electrons. The Hall–Kier alpha value is -3.81. The largest absolute Gasteiger partial charge is 0.497 e. The van der Waals surface area contributed by atoms with Crippen LogP contribution < -0.4 is 19.6 Å². The van der Waals surface area contributed by atoms with Gasteiger partial charge >= 0.3 is 0 Å². The number of hydrogen-bond acceptors (Lipinski definition) is 7. The molecule has 0 aliphatic carbocycles. The van der Waals surface area contributed by atoms with E-state index < -0.39 is 0 Å². The molecule has 0 bridgehead atoms. The molecule has 40 heavy (non-hydrogen) atoms. The third-order valence-electron chi connectivity index (χ3n) is 7.82. The van der Waals surface area contributed by atoms with Crippen molar-refractivity contribution >= 4 is 11.0 Å². The summed E-state index contributed by atoms with van der Waals surface area (Å²) in [6.45, 7) is 4.81. The fourth-order valence-electron chi connectivity index (χ4n) is 5.36. The van der Waals surface area contributed by atoms with Crippen molar-refractivity contribution in [2.24, 2.45) is 0 Å². The molecule has 0 saturated carbocycles. The maximum absolute atomic E-state index is 13.1. The molecular formula is C33H38N2O5. The Labute approximate surface area is 235 Å².